The molecule has 4 amide bonds. The van der Waals surface area contributed by atoms with Crippen molar-refractivity contribution in [3.63, 3.8) is 0 Å². The molecule has 0 saturated carbocycles. The van der Waals surface area contributed by atoms with Crippen molar-refractivity contribution < 1.29 is 14.4 Å². The Morgan fingerprint density at radius 1 is 1.03 bits per heavy atom. The van der Waals surface area contributed by atoms with Gasteiger partial charge in [0.2, 0.25) is 11.8 Å². The van der Waals surface area contributed by atoms with E-state index in [1.165, 1.54) is 0 Å². The second kappa shape index (κ2) is 12.6. The molecule has 2 saturated heterocycles. The van der Waals surface area contributed by atoms with E-state index in [1.807, 2.05) is 11.8 Å². The zero-order chi connectivity index (χ0) is 21.1. The van der Waals surface area contributed by atoms with E-state index < -0.39 is 5.91 Å². The summed E-state index contributed by atoms with van der Waals surface area (Å²) in [6.45, 7) is 5.29. The summed E-state index contributed by atoms with van der Waals surface area (Å²) in [6, 6.07) is 0.570. The monoisotopic (exact) mass is 425 g/mol. The van der Waals surface area contributed by atoms with Gasteiger partial charge in [-0.3, -0.25) is 9.59 Å². The van der Waals surface area contributed by atoms with Gasteiger partial charge in [-0.1, -0.05) is 19.4 Å². The Morgan fingerprint density at radius 3 is 2.62 bits per heavy atom. The first-order valence-electron chi connectivity index (χ1n) is 10.6. The first-order valence-corrected chi connectivity index (χ1v) is 11.7. The highest BCUT2D eigenvalue weighted by molar-refractivity contribution is 8.00. The van der Waals surface area contributed by atoms with Gasteiger partial charge < -0.3 is 27.0 Å². The zero-order valence-corrected chi connectivity index (χ0v) is 18.0. The van der Waals surface area contributed by atoms with Crippen LogP contribution in [0.5, 0.6) is 0 Å². The summed E-state index contributed by atoms with van der Waals surface area (Å²) < 4.78 is 0. The molecule has 0 aromatic carbocycles. The number of urea groups is 1. The number of amides is 4. The van der Waals surface area contributed by atoms with Gasteiger partial charge in [0.15, 0.2) is 0 Å². The minimum atomic E-state index is -0.401. The van der Waals surface area contributed by atoms with Crippen molar-refractivity contribution in [3.8, 4) is 0 Å². The molecule has 8 nitrogen and oxygen atoms in total. The molecule has 0 aliphatic carbocycles. The second-order valence-corrected chi connectivity index (χ2v) is 9.05. The van der Waals surface area contributed by atoms with Gasteiger partial charge in [-0.05, 0) is 32.1 Å². The highest BCUT2D eigenvalue weighted by Crippen LogP contribution is 2.33. The zero-order valence-electron chi connectivity index (χ0n) is 17.1. The number of unbranched alkanes of at least 4 members (excludes halogenated alkanes) is 3. The van der Waals surface area contributed by atoms with Crippen molar-refractivity contribution in [2.24, 2.45) is 5.73 Å². The maximum absolute atomic E-state index is 11.6. The largest absolute Gasteiger partial charge is 0.389 e. The SMILES string of the molecule is C=C(CCCCC1SCC2NC(=O)NC21)NCCCCCC(=O)NCCC(N)=O. The molecule has 2 aliphatic rings. The molecule has 0 bridgehead atoms. The number of rotatable bonds is 15. The summed E-state index contributed by atoms with van der Waals surface area (Å²) in [5, 5.41) is 12.6. The van der Waals surface area contributed by atoms with Crippen LogP contribution in [0.15, 0.2) is 12.3 Å². The molecular weight excluding hydrogens is 390 g/mol. The number of thioether (sulfide) groups is 1. The van der Waals surface area contributed by atoms with E-state index in [9.17, 15) is 14.4 Å². The van der Waals surface area contributed by atoms with Crippen LogP contribution in [-0.4, -0.2) is 54.0 Å². The number of hydrogen-bond donors (Lipinski definition) is 5. The number of nitrogens with one attached hydrogen (secondary N) is 4. The summed E-state index contributed by atoms with van der Waals surface area (Å²) in [6.07, 6.45) is 7.83. The molecule has 3 unspecified atom stereocenters. The number of nitrogens with two attached hydrogens (primary N) is 1. The van der Waals surface area contributed by atoms with Crippen LogP contribution in [0.2, 0.25) is 0 Å². The van der Waals surface area contributed by atoms with Crippen molar-refractivity contribution in [2.45, 2.75) is 75.1 Å². The fraction of sp³-hybridized carbons (Fsp3) is 0.750. The van der Waals surface area contributed by atoms with Crippen molar-refractivity contribution in [2.75, 3.05) is 18.8 Å². The lowest BCUT2D eigenvalue weighted by Gasteiger charge is -2.16. The van der Waals surface area contributed by atoms with Gasteiger partial charge in [0.1, 0.15) is 0 Å². The predicted molar refractivity (Wildman–Crippen MR) is 116 cm³/mol. The molecular formula is C20H35N5O3S. The molecule has 0 spiro atoms. The molecule has 164 valence electrons. The minimum Gasteiger partial charge on any atom is -0.389 e. The van der Waals surface area contributed by atoms with Gasteiger partial charge in [-0.15, -0.1) is 0 Å². The molecule has 0 aromatic heterocycles. The fourth-order valence-electron chi connectivity index (χ4n) is 3.68. The molecule has 6 N–H and O–H groups in total. The highest BCUT2D eigenvalue weighted by Gasteiger charge is 2.42. The van der Waals surface area contributed by atoms with Crippen molar-refractivity contribution in [1.29, 1.82) is 0 Å². The standard InChI is InChI=1S/C20H35N5O3S/c1-14(22-11-6-2-3-9-18(27)23-12-10-17(21)26)7-4-5-8-16-19-15(13-29-16)24-20(28)25-19/h15-16,19,22H,1-13H2,(H2,21,26)(H,23,27)(H2,24,25,28). The molecule has 2 heterocycles. The number of carbonyl (C=O) groups is 3. The molecule has 0 radical (unpaired) electrons. The van der Waals surface area contributed by atoms with Crippen LogP contribution in [0.3, 0.4) is 0 Å². The molecule has 9 heteroatoms. The number of fused-ring (bicyclic) bond motifs is 1. The fourth-order valence-corrected chi connectivity index (χ4v) is 5.22. The van der Waals surface area contributed by atoms with E-state index >= 15 is 0 Å². The predicted octanol–water partition coefficient (Wildman–Crippen LogP) is 1.37. The normalized spacial score (nSPS) is 22.5. The van der Waals surface area contributed by atoms with Crippen LogP contribution in [-0.2, 0) is 9.59 Å². The molecule has 2 fully saturated rings. The van der Waals surface area contributed by atoms with Gasteiger partial charge in [0.25, 0.3) is 0 Å². The van der Waals surface area contributed by atoms with Gasteiger partial charge >= 0.3 is 6.03 Å². The third kappa shape index (κ3) is 8.97. The van der Waals surface area contributed by atoms with Gasteiger partial charge in [-0.2, -0.15) is 11.8 Å². The van der Waals surface area contributed by atoms with E-state index in [-0.39, 0.29) is 18.4 Å². The molecule has 2 rings (SSSR count). The summed E-state index contributed by atoms with van der Waals surface area (Å²) >= 11 is 1.96. The average molecular weight is 426 g/mol. The summed E-state index contributed by atoms with van der Waals surface area (Å²) in [4.78, 5) is 33.6. The van der Waals surface area contributed by atoms with E-state index in [4.69, 9.17) is 5.73 Å². The molecule has 29 heavy (non-hydrogen) atoms. The van der Waals surface area contributed by atoms with Crippen LogP contribution in [0.4, 0.5) is 4.79 Å². The number of hydrogen-bond acceptors (Lipinski definition) is 5. The average Bonchev–Trinajstić information content (AvgIpc) is 3.20. The third-order valence-corrected chi connectivity index (χ3v) is 6.81. The van der Waals surface area contributed by atoms with E-state index in [1.54, 1.807) is 0 Å². The number of allylic oxidation sites excluding steroid dienone is 1. The van der Waals surface area contributed by atoms with Crippen molar-refractivity contribution >= 4 is 29.6 Å². The summed E-state index contributed by atoms with van der Waals surface area (Å²) in [5.74, 6) is 0.586. The first-order chi connectivity index (χ1) is 14.0. The smallest absolute Gasteiger partial charge is 0.315 e. The highest BCUT2D eigenvalue weighted by atomic mass is 32.2. The quantitative estimate of drug-likeness (QED) is 0.200. The molecule has 0 aromatic rings. The Balaban J connectivity index is 1.39. The van der Waals surface area contributed by atoms with Crippen molar-refractivity contribution in [3.05, 3.63) is 12.3 Å². The van der Waals surface area contributed by atoms with Crippen LogP contribution in [0.25, 0.3) is 0 Å². The number of primary amides is 1. The summed E-state index contributed by atoms with van der Waals surface area (Å²) in [7, 11) is 0. The van der Waals surface area contributed by atoms with E-state index in [0.29, 0.717) is 30.3 Å². The Labute approximate surface area is 177 Å². The maximum atomic E-state index is 11.6. The second-order valence-electron chi connectivity index (χ2n) is 7.77. The Hall–Kier alpha value is -1.90. The number of carbonyl (C=O) groups excluding carboxylic acids is 3. The Kier molecular flexibility index (Phi) is 10.2. The first kappa shape index (κ1) is 23.4. The lowest BCUT2D eigenvalue weighted by atomic mass is 10.0. The maximum Gasteiger partial charge on any atom is 0.315 e. The topological polar surface area (TPSA) is 125 Å². The van der Waals surface area contributed by atoms with Crippen molar-refractivity contribution in [1.82, 2.24) is 21.3 Å². The molecule has 2 aliphatic heterocycles. The van der Waals surface area contributed by atoms with Crippen LogP contribution >= 0.6 is 11.8 Å². The minimum absolute atomic E-state index is 0.0217. The van der Waals surface area contributed by atoms with Gasteiger partial charge in [0, 0.05) is 42.6 Å². The van der Waals surface area contributed by atoms with Gasteiger partial charge in [0.05, 0.1) is 12.1 Å². The van der Waals surface area contributed by atoms with Crippen LogP contribution < -0.4 is 27.0 Å². The lowest BCUT2D eigenvalue weighted by Crippen LogP contribution is -2.36. The third-order valence-electron chi connectivity index (χ3n) is 5.30. The Morgan fingerprint density at radius 2 is 1.83 bits per heavy atom. The summed E-state index contributed by atoms with van der Waals surface area (Å²) in [5.41, 5.74) is 6.10. The van der Waals surface area contributed by atoms with Gasteiger partial charge in [-0.25, -0.2) is 4.79 Å². The van der Waals surface area contributed by atoms with Crippen LogP contribution in [0, 0.1) is 0 Å². The van der Waals surface area contributed by atoms with E-state index in [0.717, 1.165) is 62.9 Å². The van der Waals surface area contributed by atoms with E-state index in [2.05, 4.69) is 27.8 Å². The molecule has 3 atom stereocenters. The lowest BCUT2D eigenvalue weighted by molar-refractivity contribution is -0.121. The van der Waals surface area contributed by atoms with Crippen LogP contribution in [0.1, 0.15) is 57.8 Å². The Bertz CT molecular complexity index is 586.